The minimum atomic E-state index is 0.528. The lowest BCUT2D eigenvalue weighted by Crippen LogP contribution is -2.42. The monoisotopic (exact) mass is 223 g/mol. The van der Waals surface area contributed by atoms with E-state index in [1.54, 1.807) is 0 Å². The maximum atomic E-state index is 5.43. The molecular formula is C12H21N3O. The van der Waals surface area contributed by atoms with Gasteiger partial charge in [-0.1, -0.05) is 0 Å². The van der Waals surface area contributed by atoms with E-state index in [1.807, 2.05) is 12.3 Å². The van der Waals surface area contributed by atoms with Crippen molar-refractivity contribution in [2.45, 2.75) is 19.0 Å². The standard InChI is InChI=1S/C12H21N3O/c1-15(9-11-3-2-5-13-11)7-4-12-10-16-8-6-14-12/h2-3,5,12-14H,4,6-10H2,1H3. The molecule has 1 aliphatic heterocycles. The lowest BCUT2D eigenvalue weighted by molar-refractivity contribution is 0.0707. The molecule has 1 atom stereocenters. The Morgan fingerprint density at radius 2 is 2.50 bits per heavy atom. The van der Waals surface area contributed by atoms with Gasteiger partial charge in [0, 0.05) is 31.0 Å². The van der Waals surface area contributed by atoms with Crippen LogP contribution in [0, 0.1) is 0 Å². The second kappa shape index (κ2) is 6.03. The van der Waals surface area contributed by atoms with Gasteiger partial charge in [-0.3, -0.25) is 0 Å². The second-order valence-electron chi connectivity index (χ2n) is 4.45. The first kappa shape index (κ1) is 11.6. The maximum absolute atomic E-state index is 5.43. The van der Waals surface area contributed by atoms with Crippen LogP contribution in [0.15, 0.2) is 18.3 Å². The third-order valence-electron chi connectivity index (χ3n) is 2.96. The van der Waals surface area contributed by atoms with Gasteiger partial charge in [-0.05, 0) is 32.1 Å². The highest BCUT2D eigenvalue weighted by molar-refractivity contribution is 5.02. The number of nitrogens with zero attached hydrogens (tertiary/aromatic N) is 1. The van der Waals surface area contributed by atoms with Crippen molar-refractivity contribution in [2.24, 2.45) is 0 Å². The Hall–Kier alpha value is -0.840. The summed E-state index contributed by atoms with van der Waals surface area (Å²) >= 11 is 0. The minimum Gasteiger partial charge on any atom is -0.379 e. The van der Waals surface area contributed by atoms with Crippen LogP contribution in [0.2, 0.25) is 0 Å². The number of nitrogens with one attached hydrogen (secondary N) is 2. The molecule has 0 saturated carbocycles. The van der Waals surface area contributed by atoms with Gasteiger partial charge in [-0.2, -0.15) is 0 Å². The summed E-state index contributed by atoms with van der Waals surface area (Å²) in [4.78, 5) is 5.56. The van der Waals surface area contributed by atoms with Gasteiger partial charge in [-0.15, -0.1) is 0 Å². The third kappa shape index (κ3) is 3.63. The topological polar surface area (TPSA) is 40.3 Å². The second-order valence-corrected chi connectivity index (χ2v) is 4.45. The van der Waals surface area contributed by atoms with Crippen LogP contribution < -0.4 is 5.32 Å². The molecule has 1 aliphatic rings. The molecule has 1 aromatic heterocycles. The molecule has 16 heavy (non-hydrogen) atoms. The summed E-state index contributed by atoms with van der Waals surface area (Å²) < 4.78 is 5.43. The van der Waals surface area contributed by atoms with E-state index < -0.39 is 0 Å². The Kier molecular flexibility index (Phi) is 4.39. The Bertz CT molecular complexity index is 280. The van der Waals surface area contributed by atoms with Crippen LogP contribution in [0.3, 0.4) is 0 Å². The van der Waals surface area contributed by atoms with Gasteiger partial charge in [0.2, 0.25) is 0 Å². The van der Waals surface area contributed by atoms with Crippen molar-refractivity contribution in [1.82, 2.24) is 15.2 Å². The number of ether oxygens (including phenoxy) is 1. The molecule has 90 valence electrons. The molecule has 0 aromatic carbocycles. The highest BCUT2D eigenvalue weighted by Gasteiger charge is 2.13. The molecule has 0 spiro atoms. The van der Waals surface area contributed by atoms with Gasteiger partial charge in [0.05, 0.1) is 13.2 Å². The van der Waals surface area contributed by atoms with Crippen molar-refractivity contribution in [3.63, 3.8) is 0 Å². The first-order chi connectivity index (χ1) is 7.84. The summed E-state index contributed by atoms with van der Waals surface area (Å²) in [5.74, 6) is 0. The van der Waals surface area contributed by atoms with Crippen molar-refractivity contribution in [1.29, 1.82) is 0 Å². The summed E-state index contributed by atoms with van der Waals surface area (Å²) in [6.45, 7) is 4.79. The zero-order valence-electron chi connectivity index (χ0n) is 9.91. The van der Waals surface area contributed by atoms with Crippen molar-refractivity contribution in [2.75, 3.05) is 33.4 Å². The molecule has 2 rings (SSSR count). The zero-order valence-corrected chi connectivity index (χ0v) is 9.91. The largest absolute Gasteiger partial charge is 0.379 e. The van der Waals surface area contributed by atoms with Crippen LogP contribution in [-0.4, -0.2) is 49.3 Å². The van der Waals surface area contributed by atoms with Crippen molar-refractivity contribution in [3.05, 3.63) is 24.0 Å². The first-order valence-corrected chi connectivity index (χ1v) is 5.96. The van der Waals surface area contributed by atoms with Crippen LogP contribution in [0.5, 0.6) is 0 Å². The number of aromatic amines is 1. The van der Waals surface area contributed by atoms with Gasteiger partial charge >= 0.3 is 0 Å². The van der Waals surface area contributed by atoms with Gasteiger partial charge in [0.15, 0.2) is 0 Å². The molecule has 0 amide bonds. The highest BCUT2D eigenvalue weighted by Crippen LogP contribution is 2.03. The Morgan fingerprint density at radius 1 is 1.56 bits per heavy atom. The highest BCUT2D eigenvalue weighted by atomic mass is 16.5. The van der Waals surface area contributed by atoms with E-state index >= 15 is 0 Å². The van der Waals surface area contributed by atoms with Crippen LogP contribution in [0.4, 0.5) is 0 Å². The normalized spacial score (nSPS) is 21.5. The zero-order chi connectivity index (χ0) is 11.2. The molecule has 0 radical (unpaired) electrons. The fraction of sp³-hybridized carbons (Fsp3) is 0.667. The van der Waals surface area contributed by atoms with E-state index in [0.717, 1.165) is 39.3 Å². The summed E-state index contributed by atoms with van der Waals surface area (Å²) in [5, 5.41) is 3.47. The number of H-pyrrole nitrogens is 1. The Morgan fingerprint density at radius 3 is 3.19 bits per heavy atom. The molecule has 1 fully saturated rings. The summed E-state index contributed by atoms with van der Waals surface area (Å²) in [5.41, 5.74) is 1.27. The number of hydrogen-bond acceptors (Lipinski definition) is 3. The van der Waals surface area contributed by atoms with E-state index in [-0.39, 0.29) is 0 Å². The average molecular weight is 223 g/mol. The van der Waals surface area contributed by atoms with Crippen molar-refractivity contribution < 1.29 is 4.74 Å². The van der Waals surface area contributed by atoms with Crippen LogP contribution in [0.25, 0.3) is 0 Å². The van der Waals surface area contributed by atoms with Gasteiger partial charge in [0.1, 0.15) is 0 Å². The van der Waals surface area contributed by atoms with Crippen LogP contribution in [-0.2, 0) is 11.3 Å². The van der Waals surface area contributed by atoms with Gasteiger partial charge in [-0.25, -0.2) is 0 Å². The average Bonchev–Trinajstić information content (AvgIpc) is 2.81. The lowest BCUT2D eigenvalue weighted by Gasteiger charge is -2.25. The summed E-state index contributed by atoms with van der Waals surface area (Å²) in [6.07, 6.45) is 3.12. The summed E-state index contributed by atoms with van der Waals surface area (Å²) in [6, 6.07) is 4.69. The van der Waals surface area contributed by atoms with E-state index in [1.165, 1.54) is 5.69 Å². The molecule has 1 saturated heterocycles. The molecule has 0 bridgehead atoms. The number of aromatic nitrogens is 1. The fourth-order valence-corrected chi connectivity index (χ4v) is 2.02. The Balaban J connectivity index is 1.65. The van der Waals surface area contributed by atoms with Crippen molar-refractivity contribution in [3.8, 4) is 0 Å². The predicted octanol–water partition coefficient (Wildman–Crippen LogP) is 0.825. The smallest absolute Gasteiger partial charge is 0.0620 e. The van der Waals surface area contributed by atoms with E-state index in [4.69, 9.17) is 4.74 Å². The molecule has 1 unspecified atom stereocenters. The SMILES string of the molecule is CN(CCC1COCCN1)Cc1ccc[nH]1. The molecule has 2 N–H and O–H groups in total. The molecule has 2 heterocycles. The first-order valence-electron chi connectivity index (χ1n) is 5.96. The Labute approximate surface area is 97.0 Å². The number of morpholine rings is 1. The van der Waals surface area contributed by atoms with Crippen LogP contribution >= 0.6 is 0 Å². The van der Waals surface area contributed by atoms with E-state index in [0.29, 0.717) is 6.04 Å². The maximum Gasteiger partial charge on any atom is 0.0620 e. The number of rotatable bonds is 5. The molecular weight excluding hydrogens is 202 g/mol. The molecule has 4 nitrogen and oxygen atoms in total. The lowest BCUT2D eigenvalue weighted by atomic mass is 10.2. The van der Waals surface area contributed by atoms with Crippen molar-refractivity contribution >= 4 is 0 Å². The van der Waals surface area contributed by atoms with Crippen LogP contribution in [0.1, 0.15) is 12.1 Å². The fourth-order valence-electron chi connectivity index (χ4n) is 2.02. The predicted molar refractivity (Wildman–Crippen MR) is 64.4 cm³/mol. The molecule has 0 aliphatic carbocycles. The van der Waals surface area contributed by atoms with E-state index in [2.05, 4.69) is 28.3 Å². The molecule has 4 heteroatoms. The van der Waals surface area contributed by atoms with Gasteiger partial charge in [0.25, 0.3) is 0 Å². The van der Waals surface area contributed by atoms with Gasteiger partial charge < -0.3 is 19.9 Å². The third-order valence-corrected chi connectivity index (χ3v) is 2.96. The number of hydrogen-bond donors (Lipinski definition) is 2. The minimum absolute atomic E-state index is 0.528. The summed E-state index contributed by atoms with van der Waals surface area (Å²) in [7, 11) is 2.16. The quantitative estimate of drug-likeness (QED) is 0.776. The molecule has 1 aromatic rings. The van der Waals surface area contributed by atoms with E-state index in [9.17, 15) is 0 Å².